The minimum Gasteiger partial charge on any atom is -0.393 e. The third-order valence-corrected chi connectivity index (χ3v) is 10.2. The Hall–Kier alpha value is -2.90. The highest BCUT2D eigenvalue weighted by Gasteiger charge is 2.55. The lowest BCUT2D eigenvalue weighted by molar-refractivity contribution is -0.138. The average molecular weight is 569 g/mol. The highest BCUT2D eigenvalue weighted by atomic mass is 19.4. The molecular formula is C31H39F3N6O. The van der Waals surface area contributed by atoms with E-state index in [2.05, 4.69) is 32.0 Å². The number of hydrogen-bond donors (Lipinski definition) is 4. The van der Waals surface area contributed by atoms with Gasteiger partial charge in [-0.15, -0.1) is 0 Å². The van der Waals surface area contributed by atoms with Crippen LogP contribution in [-0.4, -0.2) is 40.3 Å². The van der Waals surface area contributed by atoms with Gasteiger partial charge in [0.05, 0.1) is 17.9 Å². The molecular weight excluding hydrogens is 529 g/mol. The summed E-state index contributed by atoms with van der Waals surface area (Å²) in [5.74, 6) is 3.34. The van der Waals surface area contributed by atoms with Crippen molar-refractivity contribution in [3.8, 4) is 6.07 Å². The number of alkyl halides is 3. The van der Waals surface area contributed by atoms with E-state index in [4.69, 9.17) is 0 Å². The minimum absolute atomic E-state index is 0.0776. The molecule has 0 radical (unpaired) electrons. The summed E-state index contributed by atoms with van der Waals surface area (Å²) in [5.41, 5.74) is -0.0828. The molecule has 0 spiro atoms. The summed E-state index contributed by atoms with van der Waals surface area (Å²) in [4.78, 5) is 8.68. The number of aliphatic hydroxyl groups is 1. The highest BCUT2D eigenvalue weighted by molar-refractivity contribution is 5.53. The van der Waals surface area contributed by atoms with Crippen LogP contribution in [0, 0.1) is 40.4 Å². The third-order valence-electron chi connectivity index (χ3n) is 10.2. The van der Waals surface area contributed by atoms with Crippen LogP contribution in [0.2, 0.25) is 0 Å². The average Bonchev–Trinajstić information content (AvgIpc) is 2.95. The van der Waals surface area contributed by atoms with Crippen molar-refractivity contribution in [2.24, 2.45) is 29.1 Å². The number of hydrogen-bond acceptors (Lipinski definition) is 7. The van der Waals surface area contributed by atoms with Crippen molar-refractivity contribution in [1.29, 1.82) is 5.26 Å². The van der Waals surface area contributed by atoms with Gasteiger partial charge in [0.1, 0.15) is 17.5 Å². The Morgan fingerprint density at radius 1 is 1.02 bits per heavy atom. The fourth-order valence-corrected chi connectivity index (χ4v) is 8.47. The van der Waals surface area contributed by atoms with Crippen molar-refractivity contribution in [2.45, 2.75) is 82.7 Å². The van der Waals surface area contributed by atoms with Crippen LogP contribution in [0.1, 0.15) is 74.5 Å². The largest absolute Gasteiger partial charge is 0.416 e. The van der Waals surface area contributed by atoms with Crippen molar-refractivity contribution >= 4 is 11.8 Å². The Kier molecular flexibility index (Phi) is 7.86. The molecule has 41 heavy (non-hydrogen) atoms. The van der Waals surface area contributed by atoms with Gasteiger partial charge in [0.2, 0.25) is 5.95 Å². The normalized spacial score (nSPS) is 32.5. The summed E-state index contributed by atoms with van der Waals surface area (Å²) in [6.07, 6.45) is 6.99. The molecule has 1 heterocycles. The van der Waals surface area contributed by atoms with Crippen LogP contribution in [0.15, 0.2) is 30.5 Å². The topological polar surface area (TPSA) is 106 Å². The van der Waals surface area contributed by atoms with Crippen LogP contribution in [0.4, 0.5) is 24.9 Å². The first-order valence-electron chi connectivity index (χ1n) is 15.0. The van der Waals surface area contributed by atoms with Crippen LogP contribution in [0.3, 0.4) is 0 Å². The van der Waals surface area contributed by atoms with E-state index in [9.17, 15) is 23.5 Å². The van der Waals surface area contributed by atoms with E-state index in [-0.39, 0.29) is 29.6 Å². The van der Waals surface area contributed by atoms with Crippen LogP contribution >= 0.6 is 0 Å². The van der Waals surface area contributed by atoms with E-state index in [1.165, 1.54) is 37.6 Å². The number of aromatic nitrogens is 2. The van der Waals surface area contributed by atoms with Gasteiger partial charge in [-0.05, 0) is 105 Å². The molecule has 5 saturated carbocycles. The third kappa shape index (κ3) is 6.17. The summed E-state index contributed by atoms with van der Waals surface area (Å²) in [5, 5.41) is 29.9. The smallest absolute Gasteiger partial charge is 0.393 e. The number of rotatable bonds is 9. The van der Waals surface area contributed by atoms with Crippen molar-refractivity contribution in [2.75, 3.05) is 23.7 Å². The number of benzene rings is 1. The molecule has 5 aliphatic rings. The highest BCUT2D eigenvalue weighted by Crippen LogP contribution is 2.60. The fourth-order valence-electron chi connectivity index (χ4n) is 8.47. The van der Waals surface area contributed by atoms with Gasteiger partial charge in [0.25, 0.3) is 0 Å². The molecule has 4 bridgehead atoms. The predicted molar refractivity (Wildman–Crippen MR) is 150 cm³/mol. The molecule has 10 heteroatoms. The van der Waals surface area contributed by atoms with Gasteiger partial charge in [-0.2, -0.15) is 23.4 Å². The molecule has 0 saturated heterocycles. The quantitative estimate of drug-likeness (QED) is 0.306. The molecule has 7 nitrogen and oxygen atoms in total. The maximum absolute atomic E-state index is 13.4. The van der Waals surface area contributed by atoms with Gasteiger partial charge >= 0.3 is 6.18 Å². The monoisotopic (exact) mass is 568 g/mol. The van der Waals surface area contributed by atoms with Crippen LogP contribution < -0.4 is 16.0 Å². The van der Waals surface area contributed by atoms with E-state index in [0.717, 1.165) is 63.6 Å². The molecule has 0 aliphatic heterocycles. The van der Waals surface area contributed by atoms with Crippen LogP contribution in [0.5, 0.6) is 0 Å². The maximum atomic E-state index is 13.4. The predicted octanol–water partition coefficient (Wildman–Crippen LogP) is 5.73. The second-order valence-electron chi connectivity index (χ2n) is 13.0. The molecule has 2 aromatic rings. The first-order valence-corrected chi connectivity index (χ1v) is 15.0. The Balaban J connectivity index is 1.09. The number of halogens is 3. The standard InChI is InChI=1S/C31H39F3N6O/c32-31(33,34)26-4-2-1-3-21(26)16-37-29-38-17-24(14-35)28(40-29)39-18-30-11-20-9-22(12-30)27(23(10-20)13-30)36-15-19-5-7-25(41)8-6-19/h1-4,17,19-20,22-23,25,27,36,41H,5-13,15-16,18H2,(H2,37,38,39,40)/t19-,20?,22-,23+,25-,27-,30-. The van der Waals surface area contributed by atoms with Crippen LogP contribution in [0.25, 0.3) is 0 Å². The van der Waals surface area contributed by atoms with Crippen molar-refractivity contribution < 1.29 is 18.3 Å². The van der Waals surface area contributed by atoms with Gasteiger partial charge in [-0.1, -0.05) is 18.2 Å². The minimum atomic E-state index is -4.44. The van der Waals surface area contributed by atoms with E-state index in [1.54, 1.807) is 6.07 Å². The summed E-state index contributed by atoms with van der Waals surface area (Å²) in [6, 6.07) is 8.17. The fraction of sp³-hybridized carbons (Fsp3) is 0.645. The van der Waals surface area contributed by atoms with Crippen molar-refractivity contribution in [1.82, 2.24) is 15.3 Å². The number of aliphatic hydroxyl groups excluding tert-OH is 1. The molecule has 7 rings (SSSR count). The summed E-state index contributed by atoms with van der Waals surface area (Å²) in [7, 11) is 0. The molecule has 4 N–H and O–H groups in total. The summed E-state index contributed by atoms with van der Waals surface area (Å²) in [6.45, 7) is 1.70. The molecule has 5 atom stereocenters. The lowest BCUT2D eigenvalue weighted by Gasteiger charge is -2.60. The lowest BCUT2D eigenvalue weighted by Crippen LogP contribution is -2.60. The zero-order valence-electron chi connectivity index (χ0n) is 23.3. The number of anilines is 2. The summed E-state index contributed by atoms with van der Waals surface area (Å²) >= 11 is 0. The van der Waals surface area contributed by atoms with Gasteiger partial charge in [-0.25, -0.2) is 4.98 Å². The van der Waals surface area contributed by atoms with Gasteiger partial charge < -0.3 is 21.1 Å². The number of nitrogens with zero attached hydrogens (tertiary/aromatic N) is 3. The van der Waals surface area contributed by atoms with E-state index >= 15 is 0 Å². The molecule has 0 amide bonds. The Bertz CT molecular complexity index is 1260. The zero-order valence-corrected chi connectivity index (χ0v) is 23.3. The van der Waals surface area contributed by atoms with Crippen molar-refractivity contribution in [3.05, 3.63) is 47.2 Å². The number of nitrogens with one attached hydrogen (secondary N) is 3. The second-order valence-corrected chi connectivity index (χ2v) is 13.0. The molecule has 5 aliphatic carbocycles. The molecule has 1 aromatic heterocycles. The zero-order chi connectivity index (χ0) is 28.6. The Morgan fingerprint density at radius 3 is 2.46 bits per heavy atom. The molecule has 1 aromatic carbocycles. The summed E-state index contributed by atoms with van der Waals surface area (Å²) < 4.78 is 40.2. The van der Waals surface area contributed by atoms with Gasteiger partial charge in [0, 0.05) is 19.1 Å². The van der Waals surface area contributed by atoms with Gasteiger partial charge in [0.15, 0.2) is 0 Å². The Labute approximate surface area is 239 Å². The first-order chi connectivity index (χ1) is 19.7. The lowest BCUT2D eigenvalue weighted by atomic mass is 9.48. The van der Waals surface area contributed by atoms with E-state index in [0.29, 0.717) is 35.2 Å². The molecule has 220 valence electrons. The van der Waals surface area contributed by atoms with Crippen molar-refractivity contribution in [3.63, 3.8) is 0 Å². The number of nitriles is 1. The van der Waals surface area contributed by atoms with E-state index < -0.39 is 11.7 Å². The first kappa shape index (κ1) is 28.2. The van der Waals surface area contributed by atoms with Crippen LogP contribution in [-0.2, 0) is 12.7 Å². The maximum Gasteiger partial charge on any atom is 0.416 e. The second kappa shape index (κ2) is 11.4. The molecule has 1 unspecified atom stereocenters. The molecule has 5 fully saturated rings. The Morgan fingerprint density at radius 2 is 1.76 bits per heavy atom. The van der Waals surface area contributed by atoms with Gasteiger partial charge in [-0.3, -0.25) is 0 Å². The van der Waals surface area contributed by atoms with E-state index in [1.807, 2.05) is 0 Å². The SMILES string of the molecule is N#Cc1cnc(NCc2ccccc2C(F)(F)F)nc1NC[C@]12CC3C[C@H](C1)[C@@H](NC[C@H]1CC[C@H](O)CC1)[C@@H](C3)C2.